The molecule has 2 aromatic rings. The number of amides is 1. The summed E-state index contributed by atoms with van der Waals surface area (Å²) >= 11 is 1.62. The van der Waals surface area contributed by atoms with Crippen LogP contribution in [0.5, 0.6) is 0 Å². The number of carbonyl (C=O) groups excluding carboxylic acids is 1. The van der Waals surface area contributed by atoms with Crippen molar-refractivity contribution in [3.05, 3.63) is 52.0 Å². The smallest absolute Gasteiger partial charge is 0.251 e. The Labute approximate surface area is 141 Å². The highest BCUT2D eigenvalue weighted by Crippen LogP contribution is 2.13. The summed E-state index contributed by atoms with van der Waals surface area (Å²) < 4.78 is 0. The van der Waals surface area contributed by atoms with Crippen molar-refractivity contribution in [2.75, 3.05) is 19.6 Å². The molecule has 0 spiro atoms. The van der Waals surface area contributed by atoms with E-state index in [1.165, 1.54) is 37.9 Å². The molecule has 1 N–H and O–H groups in total. The number of carbonyl (C=O) groups is 1. The summed E-state index contributed by atoms with van der Waals surface area (Å²) in [5.74, 6) is -0.00826. The highest BCUT2D eigenvalue weighted by Gasteiger charge is 2.11. The molecule has 0 bridgehead atoms. The van der Waals surface area contributed by atoms with E-state index in [0.717, 1.165) is 23.5 Å². The van der Waals surface area contributed by atoms with Crippen LogP contribution in [-0.2, 0) is 13.0 Å². The average Bonchev–Trinajstić information content (AvgIpc) is 3.10. The van der Waals surface area contributed by atoms with E-state index in [1.807, 2.05) is 17.5 Å². The lowest BCUT2D eigenvalue weighted by Gasteiger charge is -2.26. The van der Waals surface area contributed by atoms with Crippen LogP contribution >= 0.6 is 11.3 Å². The van der Waals surface area contributed by atoms with E-state index >= 15 is 0 Å². The Hall–Kier alpha value is -1.72. The van der Waals surface area contributed by atoms with Crippen molar-refractivity contribution < 1.29 is 4.79 Å². The summed E-state index contributed by atoms with van der Waals surface area (Å²) in [4.78, 5) is 18.8. The molecule has 0 saturated carbocycles. The van der Waals surface area contributed by atoms with E-state index in [9.17, 15) is 4.79 Å². The van der Waals surface area contributed by atoms with Crippen molar-refractivity contribution in [1.29, 1.82) is 0 Å². The minimum atomic E-state index is -0.00826. The largest absolute Gasteiger partial charge is 0.352 e. The SMILES string of the molecule is O=C(NCCc1nccs1)c1ccc(CN2CCCCC2)cc1. The maximum atomic E-state index is 12.1. The third-order valence-electron chi connectivity index (χ3n) is 4.18. The number of piperidine rings is 1. The van der Waals surface area contributed by atoms with Crippen LogP contribution in [0.15, 0.2) is 35.8 Å². The molecule has 1 aliphatic rings. The first-order valence-electron chi connectivity index (χ1n) is 8.29. The van der Waals surface area contributed by atoms with Gasteiger partial charge in [-0.15, -0.1) is 11.3 Å². The van der Waals surface area contributed by atoms with Gasteiger partial charge in [-0.05, 0) is 43.6 Å². The van der Waals surface area contributed by atoms with E-state index in [0.29, 0.717) is 6.54 Å². The van der Waals surface area contributed by atoms with Crippen LogP contribution in [0.2, 0.25) is 0 Å². The van der Waals surface area contributed by atoms with Gasteiger partial charge in [0.25, 0.3) is 5.91 Å². The van der Waals surface area contributed by atoms with E-state index in [-0.39, 0.29) is 5.91 Å². The quantitative estimate of drug-likeness (QED) is 0.886. The first kappa shape index (κ1) is 16.1. The van der Waals surface area contributed by atoms with E-state index in [1.54, 1.807) is 17.5 Å². The van der Waals surface area contributed by atoms with Gasteiger partial charge in [-0.3, -0.25) is 9.69 Å². The minimum absolute atomic E-state index is 0.00826. The number of aromatic nitrogens is 1. The molecule has 1 aliphatic heterocycles. The Morgan fingerprint density at radius 3 is 2.65 bits per heavy atom. The summed E-state index contributed by atoms with van der Waals surface area (Å²) in [7, 11) is 0. The van der Waals surface area contributed by atoms with Gasteiger partial charge in [0.1, 0.15) is 0 Å². The molecule has 122 valence electrons. The molecular weight excluding hydrogens is 306 g/mol. The Balaban J connectivity index is 1.46. The second kappa shape index (κ2) is 8.22. The van der Waals surface area contributed by atoms with Crippen molar-refractivity contribution in [3.63, 3.8) is 0 Å². The van der Waals surface area contributed by atoms with Gasteiger partial charge in [-0.1, -0.05) is 18.6 Å². The Bertz CT molecular complexity index is 604. The van der Waals surface area contributed by atoms with Crippen molar-refractivity contribution >= 4 is 17.2 Å². The Morgan fingerprint density at radius 2 is 1.96 bits per heavy atom. The van der Waals surface area contributed by atoms with E-state index in [2.05, 4.69) is 27.3 Å². The Morgan fingerprint density at radius 1 is 1.17 bits per heavy atom. The fourth-order valence-corrected chi connectivity index (χ4v) is 3.52. The predicted octanol–water partition coefficient (Wildman–Crippen LogP) is 3.10. The van der Waals surface area contributed by atoms with Gasteiger partial charge < -0.3 is 5.32 Å². The zero-order valence-corrected chi connectivity index (χ0v) is 14.1. The minimum Gasteiger partial charge on any atom is -0.352 e. The lowest BCUT2D eigenvalue weighted by molar-refractivity contribution is 0.0954. The van der Waals surface area contributed by atoms with Crippen LogP contribution in [0.4, 0.5) is 0 Å². The summed E-state index contributed by atoms with van der Waals surface area (Å²) in [6.45, 7) is 4.01. The summed E-state index contributed by atoms with van der Waals surface area (Å²) in [5.41, 5.74) is 2.01. The van der Waals surface area contributed by atoms with Crippen LogP contribution in [-0.4, -0.2) is 35.4 Å². The molecule has 3 rings (SSSR count). The summed E-state index contributed by atoms with van der Waals surface area (Å²) in [6.07, 6.45) is 6.55. The fourth-order valence-electron chi connectivity index (χ4n) is 2.90. The van der Waals surface area contributed by atoms with E-state index in [4.69, 9.17) is 0 Å². The second-order valence-corrected chi connectivity index (χ2v) is 6.94. The van der Waals surface area contributed by atoms with Gasteiger partial charge in [-0.25, -0.2) is 4.98 Å². The highest BCUT2D eigenvalue weighted by atomic mass is 32.1. The maximum absolute atomic E-state index is 12.1. The van der Waals surface area contributed by atoms with Crippen molar-refractivity contribution in [1.82, 2.24) is 15.2 Å². The standard InChI is InChI=1S/C18H23N3OS/c22-18(20-9-8-17-19-10-13-23-17)16-6-4-15(5-7-16)14-21-11-2-1-3-12-21/h4-7,10,13H,1-3,8-9,11-12,14H2,(H,20,22). The van der Waals surface area contributed by atoms with Crippen LogP contribution < -0.4 is 5.32 Å². The number of nitrogens with zero attached hydrogens (tertiary/aromatic N) is 2. The molecule has 0 radical (unpaired) electrons. The highest BCUT2D eigenvalue weighted by molar-refractivity contribution is 7.09. The molecular formula is C18H23N3OS. The predicted molar refractivity (Wildman–Crippen MR) is 93.7 cm³/mol. The molecule has 2 heterocycles. The van der Waals surface area contributed by atoms with Crippen molar-refractivity contribution in [3.8, 4) is 0 Å². The number of likely N-dealkylation sites (tertiary alicyclic amines) is 1. The average molecular weight is 329 g/mol. The van der Waals surface area contributed by atoms with Gasteiger partial charge in [0.05, 0.1) is 5.01 Å². The number of nitrogens with one attached hydrogen (secondary N) is 1. The topological polar surface area (TPSA) is 45.2 Å². The van der Waals surface area contributed by atoms with Gasteiger partial charge >= 0.3 is 0 Å². The van der Waals surface area contributed by atoms with E-state index < -0.39 is 0 Å². The van der Waals surface area contributed by atoms with Gasteiger partial charge in [0, 0.05) is 36.7 Å². The lowest BCUT2D eigenvalue weighted by Crippen LogP contribution is -2.29. The zero-order chi connectivity index (χ0) is 15.9. The summed E-state index contributed by atoms with van der Waals surface area (Å²) in [6, 6.07) is 8.00. The first-order valence-corrected chi connectivity index (χ1v) is 9.17. The molecule has 4 nitrogen and oxygen atoms in total. The van der Waals surface area contributed by atoms with Gasteiger partial charge in [0.15, 0.2) is 0 Å². The van der Waals surface area contributed by atoms with Gasteiger partial charge in [-0.2, -0.15) is 0 Å². The molecule has 1 fully saturated rings. The number of hydrogen-bond donors (Lipinski definition) is 1. The zero-order valence-electron chi connectivity index (χ0n) is 13.3. The van der Waals surface area contributed by atoms with Crippen LogP contribution in [0, 0.1) is 0 Å². The number of hydrogen-bond acceptors (Lipinski definition) is 4. The maximum Gasteiger partial charge on any atom is 0.251 e. The summed E-state index contributed by atoms with van der Waals surface area (Å²) in [5, 5.41) is 5.97. The van der Waals surface area contributed by atoms with Crippen LogP contribution in [0.25, 0.3) is 0 Å². The lowest BCUT2D eigenvalue weighted by atomic mass is 10.1. The third-order valence-corrected chi connectivity index (χ3v) is 5.02. The molecule has 5 heteroatoms. The molecule has 1 aromatic heterocycles. The van der Waals surface area contributed by atoms with Crippen LogP contribution in [0.3, 0.4) is 0 Å². The van der Waals surface area contributed by atoms with Gasteiger partial charge in [0.2, 0.25) is 0 Å². The van der Waals surface area contributed by atoms with Crippen molar-refractivity contribution in [2.24, 2.45) is 0 Å². The molecule has 0 atom stereocenters. The first-order chi connectivity index (χ1) is 11.3. The molecule has 0 unspecified atom stereocenters. The molecule has 1 amide bonds. The molecule has 0 aliphatic carbocycles. The van der Waals surface area contributed by atoms with Crippen LogP contribution in [0.1, 0.15) is 40.2 Å². The van der Waals surface area contributed by atoms with Crippen molar-refractivity contribution in [2.45, 2.75) is 32.2 Å². The fraction of sp³-hybridized carbons (Fsp3) is 0.444. The molecule has 1 saturated heterocycles. The monoisotopic (exact) mass is 329 g/mol. The normalized spacial score (nSPS) is 15.5. The number of rotatable bonds is 6. The number of thiazole rings is 1. The molecule has 1 aromatic carbocycles. The number of benzene rings is 1. The Kier molecular flexibility index (Phi) is 5.77. The third kappa shape index (κ3) is 4.88. The second-order valence-electron chi connectivity index (χ2n) is 5.97. The molecule has 23 heavy (non-hydrogen) atoms.